The molecule has 0 aliphatic carbocycles. The van der Waals surface area contributed by atoms with Crippen LogP contribution in [0.2, 0.25) is 0 Å². The van der Waals surface area contributed by atoms with Gasteiger partial charge in [0.15, 0.2) is 0 Å². The largest absolute Gasteiger partial charge is 0.481 e. The molecule has 0 aromatic carbocycles. The summed E-state index contributed by atoms with van der Waals surface area (Å²) in [7, 11) is 0. The number of unbranched alkanes of at least 4 members (excludes halogenated alkanes) is 2. The SMILES string of the molecule is CCCCCC(=O)NC(CC(=O)O)C(C)(C)C. The molecule has 0 rings (SSSR count). The summed E-state index contributed by atoms with van der Waals surface area (Å²) in [4.78, 5) is 22.4. The molecular formula is C13H25NO3. The summed E-state index contributed by atoms with van der Waals surface area (Å²) >= 11 is 0. The van der Waals surface area contributed by atoms with Crippen LogP contribution in [0.25, 0.3) is 0 Å². The third-order valence-corrected chi connectivity index (χ3v) is 2.77. The van der Waals surface area contributed by atoms with E-state index < -0.39 is 5.97 Å². The number of rotatable bonds is 7. The Labute approximate surface area is 104 Å². The van der Waals surface area contributed by atoms with Crippen LogP contribution in [-0.4, -0.2) is 23.0 Å². The zero-order chi connectivity index (χ0) is 13.5. The number of carboxylic acids is 1. The summed E-state index contributed by atoms with van der Waals surface area (Å²) < 4.78 is 0. The van der Waals surface area contributed by atoms with Crippen LogP contribution in [0.15, 0.2) is 0 Å². The van der Waals surface area contributed by atoms with E-state index in [9.17, 15) is 9.59 Å². The van der Waals surface area contributed by atoms with E-state index in [1.807, 2.05) is 20.8 Å². The van der Waals surface area contributed by atoms with Crippen molar-refractivity contribution in [2.75, 3.05) is 0 Å². The van der Waals surface area contributed by atoms with Crippen LogP contribution < -0.4 is 5.32 Å². The highest BCUT2D eigenvalue weighted by molar-refractivity contribution is 5.77. The first-order chi connectivity index (χ1) is 7.77. The molecule has 0 heterocycles. The molecule has 0 aliphatic rings. The van der Waals surface area contributed by atoms with Crippen molar-refractivity contribution in [3.8, 4) is 0 Å². The van der Waals surface area contributed by atoms with Gasteiger partial charge in [0.2, 0.25) is 5.91 Å². The standard InChI is InChI=1S/C13H25NO3/c1-5-6-7-8-11(15)14-10(9-12(16)17)13(2,3)4/h10H,5-9H2,1-4H3,(H,14,15)(H,16,17). The van der Waals surface area contributed by atoms with E-state index >= 15 is 0 Å². The fraction of sp³-hybridized carbons (Fsp3) is 0.846. The molecule has 0 bridgehead atoms. The predicted molar refractivity (Wildman–Crippen MR) is 67.8 cm³/mol. The van der Waals surface area contributed by atoms with Gasteiger partial charge >= 0.3 is 5.97 Å². The van der Waals surface area contributed by atoms with E-state index in [0.717, 1.165) is 19.3 Å². The van der Waals surface area contributed by atoms with Crippen LogP contribution in [0, 0.1) is 5.41 Å². The van der Waals surface area contributed by atoms with Gasteiger partial charge in [-0.3, -0.25) is 9.59 Å². The van der Waals surface area contributed by atoms with E-state index in [1.165, 1.54) is 0 Å². The van der Waals surface area contributed by atoms with Crippen LogP contribution in [0.4, 0.5) is 0 Å². The molecule has 0 spiro atoms. The Balaban J connectivity index is 4.24. The van der Waals surface area contributed by atoms with Gasteiger partial charge in [-0.15, -0.1) is 0 Å². The summed E-state index contributed by atoms with van der Waals surface area (Å²) in [5, 5.41) is 11.7. The minimum atomic E-state index is -0.876. The second kappa shape index (κ2) is 7.30. The Hall–Kier alpha value is -1.06. The van der Waals surface area contributed by atoms with Gasteiger partial charge in [0, 0.05) is 12.5 Å². The van der Waals surface area contributed by atoms with Gasteiger partial charge in [-0.2, -0.15) is 0 Å². The maximum atomic E-state index is 11.7. The zero-order valence-corrected chi connectivity index (χ0v) is 11.4. The van der Waals surface area contributed by atoms with Gasteiger partial charge in [0.25, 0.3) is 0 Å². The molecule has 4 heteroatoms. The first kappa shape index (κ1) is 15.9. The second-order valence-corrected chi connectivity index (χ2v) is 5.54. The summed E-state index contributed by atoms with van der Waals surface area (Å²) in [6.07, 6.45) is 3.44. The van der Waals surface area contributed by atoms with E-state index in [4.69, 9.17) is 5.11 Å². The maximum Gasteiger partial charge on any atom is 0.305 e. The Bertz CT molecular complexity index is 256. The van der Waals surface area contributed by atoms with Gasteiger partial charge in [-0.25, -0.2) is 0 Å². The Morgan fingerprint density at radius 2 is 1.82 bits per heavy atom. The lowest BCUT2D eigenvalue weighted by molar-refractivity contribution is -0.138. The quantitative estimate of drug-likeness (QED) is 0.675. The number of aliphatic carboxylic acids is 1. The van der Waals surface area contributed by atoms with E-state index in [0.29, 0.717) is 6.42 Å². The highest BCUT2D eigenvalue weighted by Crippen LogP contribution is 2.22. The molecule has 0 aromatic rings. The molecule has 17 heavy (non-hydrogen) atoms. The molecule has 0 saturated heterocycles. The van der Waals surface area contributed by atoms with E-state index in [1.54, 1.807) is 0 Å². The van der Waals surface area contributed by atoms with Gasteiger partial charge in [0.1, 0.15) is 0 Å². The minimum absolute atomic E-state index is 0.0248. The van der Waals surface area contributed by atoms with Gasteiger partial charge < -0.3 is 10.4 Å². The number of carbonyl (C=O) groups excluding carboxylic acids is 1. The van der Waals surface area contributed by atoms with Crippen molar-refractivity contribution in [2.24, 2.45) is 5.41 Å². The third kappa shape index (κ3) is 7.77. The van der Waals surface area contributed by atoms with Crippen molar-refractivity contribution in [3.05, 3.63) is 0 Å². The van der Waals surface area contributed by atoms with Crippen molar-refractivity contribution in [2.45, 2.75) is 65.8 Å². The Kier molecular flexibility index (Phi) is 6.85. The fourth-order valence-electron chi connectivity index (χ4n) is 1.55. The number of nitrogens with one attached hydrogen (secondary N) is 1. The first-order valence-electron chi connectivity index (χ1n) is 6.28. The summed E-state index contributed by atoms with van der Waals surface area (Å²) in [5.41, 5.74) is -0.237. The van der Waals surface area contributed by atoms with Gasteiger partial charge in [0.05, 0.1) is 6.42 Å². The van der Waals surface area contributed by atoms with Crippen molar-refractivity contribution in [1.29, 1.82) is 0 Å². The number of carboxylic acid groups (broad SMARTS) is 1. The topological polar surface area (TPSA) is 66.4 Å². The lowest BCUT2D eigenvalue weighted by Gasteiger charge is -2.30. The molecule has 1 atom stereocenters. The monoisotopic (exact) mass is 243 g/mol. The van der Waals surface area contributed by atoms with Crippen molar-refractivity contribution >= 4 is 11.9 Å². The highest BCUT2D eigenvalue weighted by atomic mass is 16.4. The van der Waals surface area contributed by atoms with Gasteiger partial charge in [-0.1, -0.05) is 40.5 Å². The number of amides is 1. The zero-order valence-electron chi connectivity index (χ0n) is 11.4. The molecule has 1 unspecified atom stereocenters. The Morgan fingerprint density at radius 3 is 2.24 bits per heavy atom. The van der Waals surface area contributed by atoms with Crippen molar-refractivity contribution < 1.29 is 14.7 Å². The molecule has 0 aromatic heterocycles. The van der Waals surface area contributed by atoms with Crippen molar-refractivity contribution in [1.82, 2.24) is 5.32 Å². The number of hydrogen-bond donors (Lipinski definition) is 2. The van der Waals surface area contributed by atoms with Crippen LogP contribution in [0.1, 0.15) is 59.8 Å². The molecule has 4 nitrogen and oxygen atoms in total. The lowest BCUT2D eigenvalue weighted by Crippen LogP contribution is -2.45. The van der Waals surface area contributed by atoms with Gasteiger partial charge in [-0.05, 0) is 11.8 Å². The van der Waals surface area contributed by atoms with Crippen LogP contribution in [0.5, 0.6) is 0 Å². The molecule has 1 amide bonds. The second-order valence-electron chi connectivity index (χ2n) is 5.54. The lowest BCUT2D eigenvalue weighted by atomic mass is 9.84. The minimum Gasteiger partial charge on any atom is -0.481 e. The number of hydrogen-bond acceptors (Lipinski definition) is 2. The van der Waals surface area contributed by atoms with E-state index in [2.05, 4.69) is 12.2 Å². The summed E-state index contributed by atoms with van der Waals surface area (Å²) in [6, 6.07) is -0.311. The average molecular weight is 243 g/mol. The van der Waals surface area contributed by atoms with Crippen LogP contribution >= 0.6 is 0 Å². The molecular weight excluding hydrogens is 218 g/mol. The van der Waals surface area contributed by atoms with Crippen LogP contribution in [-0.2, 0) is 9.59 Å². The smallest absolute Gasteiger partial charge is 0.305 e. The molecule has 0 aliphatic heterocycles. The summed E-state index contributed by atoms with van der Waals surface area (Å²) in [6.45, 7) is 7.90. The maximum absolute atomic E-state index is 11.7. The fourth-order valence-corrected chi connectivity index (χ4v) is 1.55. The first-order valence-corrected chi connectivity index (χ1v) is 6.28. The average Bonchev–Trinajstić information content (AvgIpc) is 2.15. The third-order valence-electron chi connectivity index (χ3n) is 2.77. The molecule has 2 N–H and O–H groups in total. The number of carbonyl (C=O) groups is 2. The predicted octanol–water partition coefficient (Wildman–Crippen LogP) is 2.57. The van der Waals surface area contributed by atoms with Crippen LogP contribution in [0.3, 0.4) is 0 Å². The van der Waals surface area contributed by atoms with Crippen molar-refractivity contribution in [3.63, 3.8) is 0 Å². The molecule has 0 fully saturated rings. The highest BCUT2D eigenvalue weighted by Gasteiger charge is 2.28. The molecule has 100 valence electrons. The molecule has 0 radical (unpaired) electrons. The summed E-state index contributed by atoms with van der Waals surface area (Å²) in [5.74, 6) is -0.918. The normalized spacial score (nSPS) is 13.2. The van der Waals surface area contributed by atoms with E-state index in [-0.39, 0.29) is 23.8 Å². The molecule has 0 saturated carbocycles. The Morgan fingerprint density at radius 1 is 1.24 bits per heavy atom.